The van der Waals surface area contributed by atoms with Crippen LogP contribution >= 0.6 is 0 Å². The molecule has 0 atom stereocenters. The molecule has 2 aromatic rings. The summed E-state index contributed by atoms with van der Waals surface area (Å²) in [5.74, 6) is 0.228. The summed E-state index contributed by atoms with van der Waals surface area (Å²) in [4.78, 5) is 29.8. The van der Waals surface area contributed by atoms with E-state index in [2.05, 4.69) is 30.2 Å². The SMILES string of the molecule is CC(C)(C(=O)O)c1cnc(NCCc2cnc[nH]2)nc1N1CCOCC1. The molecular weight excluding hydrogens is 336 g/mol. The lowest BCUT2D eigenvalue weighted by molar-refractivity contribution is -0.142. The number of carbonyl (C=O) groups is 1. The number of ether oxygens (including phenoxy) is 1. The average Bonchev–Trinajstić information content (AvgIpc) is 3.15. The highest BCUT2D eigenvalue weighted by molar-refractivity contribution is 5.82. The number of anilines is 2. The van der Waals surface area contributed by atoms with Crippen LogP contribution in [-0.4, -0.2) is 63.9 Å². The summed E-state index contributed by atoms with van der Waals surface area (Å²) in [7, 11) is 0. The number of hydrogen-bond donors (Lipinski definition) is 3. The Morgan fingerprint density at radius 2 is 2.15 bits per heavy atom. The van der Waals surface area contributed by atoms with Gasteiger partial charge in [-0.05, 0) is 13.8 Å². The number of aromatic amines is 1. The molecule has 0 bridgehead atoms. The third-order valence-corrected chi connectivity index (χ3v) is 4.52. The predicted octanol–water partition coefficient (Wildman–Crippen LogP) is 1.05. The van der Waals surface area contributed by atoms with Crippen LogP contribution in [0.1, 0.15) is 25.1 Å². The zero-order chi connectivity index (χ0) is 18.6. The summed E-state index contributed by atoms with van der Waals surface area (Å²) in [5.41, 5.74) is 0.544. The van der Waals surface area contributed by atoms with E-state index in [0.717, 1.165) is 12.1 Å². The monoisotopic (exact) mass is 360 g/mol. The van der Waals surface area contributed by atoms with E-state index in [4.69, 9.17) is 4.74 Å². The summed E-state index contributed by atoms with van der Waals surface area (Å²) in [5, 5.41) is 12.8. The highest BCUT2D eigenvalue weighted by atomic mass is 16.5. The maximum atomic E-state index is 11.7. The first-order valence-electron chi connectivity index (χ1n) is 8.63. The molecule has 0 unspecified atom stereocenters. The second-order valence-corrected chi connectivity index (χ2v) is 6.71. The normalized spacial score (nSPS) is 15.1. The van der Waals surface area contributed by atoms with E-state index in [1.807, 2.05) is 0 Å². The van der Waals surface area contributed by atoms with Gasteiger partial charge in [0.25, 0.3) is 0 Å². The molecule has 3 N–H and O–H groups in total. The van der Waals surface area contributed by atoms with E-state index in [-0.39, 0.29) is 0 Å². The van der Waals surface area contributed by atoms with Crippen LogP contribution in [0.25, 0.3) is 0 Å². The molecule has 9 heteroatoms. The fourth-order valence-corrected chi connectivity index (χ4v) is 2.76. The molecule has 0 saturated carbocycles. The molecule has 0 amide bonds. The Hall–Kier alpha value is -2.68. The van der Waals surface area contributed by atoms with Gasteiger partial charge in [-0.3, -0.25) is 4.79 Å². The number of rotatable bonds is 7. The Morgan fingerprint density at radius 1 is 1.38 bits per heavy atom. The van der Waals surface area contributed by atoms with Crippen LogP contribution in [0, 0.1) is 0 Å². The zero-order valence-electron chi connectivity index (χ0n) is 15.0. The number of morpholine rings is 1. The molecule has 0 spiro atoms. The van der Waals surface area contributed by atoms with Crippen LogP contribution in [0.2, 0.25) is 0 Å². The second-order valence-electron chi connectivity index (χ2n) is 6.71. The Morgan fingerprint density at radius 3 is 2.81 bits per heavy atom. The highest BCUT2D eigenvalue weighted by Crippen LogP contribution is 2.32. The number of aromatic nitrogens is 4. The van der Waals surface area contributed by atoms with E-state index in [1.54, 1.807) is 32.6 Å². The Labute approximate surface area is 151 Å². The standard InChI is InChI=1S/C17H24N6O3/c1-17(2,15(24)25)13-10-20-16(19-4-3-12-9-18-11-21-12)22-14(13)23-5-7-26-8-6-23/h9-11H,3-8H2,1-2H3,(H,18,21)(H,24,25)(H,19,20,22). The van der Waals surface area contributed by atoms with E-state index < -0.39 is 11.4 Å². The molecule has 0 aromatic carbocycles. The maximum Gasteiger partial charge on any atom is 0.313 e. The first-order chi connectivity index (χ1) is 12.5. The summed E-state index contributed by atoms with van der Waals surface area (Å²) >= 11 is 0. The van der Waals surface area contributed by atoms with Gasteiger partial charge in [-0.1, -0.05) is 0 Å². The van der Waals surface area contributed by atoms with Gasteiger partial charge in [0.2, 0.25) is 5.95 Å². The second kappa shape index (κ2) is 7.69. The smallest absolute Gasteiger partial charge is 0.313 e. The van der Waals surface area contributed by atoms with Gasteiger partial charge in [0, 0.05) is 49.7 Å². The Bertz CT molecular complexity index is 741. The minimum absolute atomic E-state index is 0.482. The number of imidazole rings is 1. The van der Waals surface area contributed by atoms with Gasteiger partial charge in [-0.15, -0.1) is 0 Å². The van der Waals surface area contributed by atoms with Crippen LogP contribution in [-0.2, 0) is 21.4 Å². The fourth-order valence-electron chi connectivity index (χ4n) is 2.76. The molecule has 9 nitrogen and oxygen atoms in total. The van der Waals surface area contributed by atoms with Gasteiger partial charge in [-0.25, -0.2) is 9.97 Å². The molecule has 3 heterocycles. The molecule has 26 heavy (non-hydrogen) atoms. The molecule has 1 aliphatic heterocycles. The Balaban J connectivity index is 1.82. The van der Waals surface area contributed by atoms with Gasteiger partial charge in [0.15, 0.2) is 0 Å². The minimum Gasteiger partial charge on any atom is -0.481 e. The summed E-state index contributed by atoms with van der Waals surface area (Å²) in [6, 6.07) is 0. The van der Waals surface area contributed by atoms with Crippen molar-refractivity contribution in [3.63, 3.8) is 0 Å². The van der Waals surface area contributed by atoms with E-state index >= 15 is 0 Å². The molecule has 1 fully saturated rings. The van der Waals surface area contributed by atoms with Crippen molar-refractivity contribution in [1.82, 2.24) is 19.9 Å². The van der Waals surface area contributed by atoms with Gasteiger partial charge >= 0.3 is 5.97 Å². The van der Waals surface area contributed by atoms with Crippen molar-refractivity contribution in [2.45, 2.75) is 25.7 Å². The lowest BCUT2D eigenvalue weighted by Crippen LogP contribution is -2.40. The van der Waals surface area contributed by atoms with Crippen molar-refractivity contribution >= 4 is 17.7 Å². The van der Waals surface area contributed by atoms with Crippen LogP contribution in [0.4, 0.5) is 11.8 Å². The number of hydrogen-bond acceptors (Lipinski definition) is 7. The summed E-state index contributed by atoms with van der Waals surface area (Å²) in [6.45, 7) is 6.53. The average molecular weight is 360 g/mol. The fraction of sp³-hybridized carbons (Fsp3) is 0.529. The van der Waals surface area contributed by atoms with Crippen molar-refractivity contribution in [2.24, 2.45) is 0 Å². The molecule has 2 aromatic heterocycles. The predicted molar refractivity (Wildman–Crippen MR) is 96.5 cm³/mol. The molecule has 1 aliphatic rings. The highest BCUT2D eigenvalue weighted by Gasteiger charge is 2.35. The number of nitrogens with zero attached hydrogens (tertiary/aromatic N) is 4. The van der Waals surface area contributed by atoms with Crippen molar-refractivity contribution < 1.29 is 14.6 Å². The molecule has 140 valence electrons. The first-order valence-corrected chi connectivity index (χ1v) is 8.63. The number of nitrogens with one attached hydrogen (secondary N) is 2. The maximum absolute atomic E-state index is 11.7. The quantitative estimate of drug-likeness (QED) is 0.671. The third kappa shape index (κ3) is 3.93. The molecule has 0 radical (unpaired) electrons. The van der Waals surface area contributed by atoms with Crippen molar-refractivity contribution in [1.29, 1.82) is 0 Å². The van der Waals surface area contributed by atoms with Crippen LogP contribution in [0.5, 0.6) is 0 Å². The minimum atomic E-state index is -1.08. The molecular formula is C17H24N6O3. The van der Waals surface area contributed by atoms with E-state index in [9.17, 15) is 9.90 Å². The van der Waals surface area contributed by atoms with Crippen molar-refractivity contribution in [2.75, 3.05) is 43.1 Å². The Kier molecular flexibility index (Phi) is 5.36. The number of H-pyrrole nitrogens is 1. The van der Waals surface area contributed by atoms with E-state index in [1.165, 1.54) is 0 Å². The van der Waals surface area contributed by atoms with Crippen LogP contribution in [0.15, 0.2) is 18.7 Å². The van der Waals surface area contributed by atoms with Gasteiger partial charge in [0.05, 0.1) is 25.0 Å². The molecule has 3 rings (SSSR count). The molecule has 0 aliphatic carbocycles. The van der Waals surface area contributed by atoms with Gasteiger partial charge < -0.3 is 25.0 Å². The van der Waals surface area contributed by atoms with Crippen LogP contribution in [0.3, 0.4) is 0 Å². The van der Waals surface area contributed by atoms with Crippen LogP contribution < -0.4 is 10.2 Å². The number of carboxylic acids is 1. The topological polar surface area (TPSA) is 116 Å². The summed E-state index contributed by atoms with van der Waals surface area (Å²) < 4.78 is 5.40. The number of carboxylic acid groups (broad SMARTS) is 1. The van der Waals surface area contributed by atoms with Crippen molar-refractivity contribution in [3.8, 4) is 0 Å². The third-order valence-electron chi connectivity index (χ3n) is 4.52. The van der Waals surface area contributed by atoms with Gasteiger partial charge in [-0.2, -0.15) is 4.98 Å². The lowest BCUT2D eigenvalue weighted by atomic mass is 9.85. The number of aliphatic carboxylic acids is 1. The zero-order valence-corrected chi connectivity index (χ0v) is 15.0. The first kappa shape index (κ1) is 18.1. The molecule has 1 saturated heterocycles. The largest absolute Gasteiger partial charge is 0.481 e. The lowest BCUT2D eigenvalue weighted by Gasteiger charge is -2.32. The van der Waals surface area contributed by atoms with E-state index in [0.29, 0.717) is 50.2 Å². The van der Waals surface area contributed by atoms with Crippen molar-refractivity contribution in [3.05, 3.63) is 30.0 Å². The summed E-state index contributed by atoms with van der Waals surface area (Å²) in [6.07, 6.45) is 5.80. The van der Waals surface area contributed by atoms with Gasteiger partial charge in [0.1, 0.15) is 5.82 Å².